The zero-order chi connectivity index (χ0) is 16.5. The number of ether oxygens (including phenoxy) is 1. The number of hydrogen-bond acceptors (Lipinski definition) is 5. The average molecular weight is 379 g/mol. The monoisotopic (exact) mass is 378 g/mol. The van der Waals surface area contributed by atoms with Gasteiger partial charge in [-0.15, -0.1) is 0 Å². The molecule has 3 aliphatic heterocycles. The molecule has 1 aromatic rings. The highest BCUT2D eigenvalue weighted by molar-refractivity contribution is 9.10. The number of anilines is 1. The maximum absolute atomic E-state index is 12.8. The fraction of sp³-hybridized carbons (Fsp3) is 0.333. The van der Waals surface area contributed by atoms with Crippen LogP contribution in [0.15, 0.2) is 34.8 Å². The first kappa shape index (κ1) is 14.5. The summed E-state index contributed by atoms with van der Waals surface area (Å²) < 4.78 is 6.23. The van der Waals surface area contributed by atoms with Gasteiger partial charge in [0, 0.05) is 10.5 Å². The molecule has 3 heterocycles. The zero-order valence-electron chi connectivity index (χ0n) is 11.9. The third kappa shape index (κ3) is 1.79. The summed E-state index contributed by atoms with van der Waals surface area (Å²) in [5.74, 6) is -2.13. The van der Waals surface area contributed by atoms with E-state index in [9.17, 15) is 19.7 Å². The van der Waals surface area contributed by atoms with E-state index >= 15 is 0 Å². The number of amides is 2. The van der Waals surface area contributed by atoms with Crippen molar-refractivity contribution in [2.24, 2.45) is 11.8 Å². The summed E-state index contributed by atoms with van der Waals surface area (Å²) in [6.45, 7) is 1.76. The third-order valence-corrected chi connectivity index (χ3v) is 5.20. The van der Waals surface area contributed by atoms with Crippen molar-refractivity contribution >= 4 is 39.1 Å². The van der Waals surface area contributed by atoms with E-state index in [1.165, 1.54) is 12.1 Å². The van der Waals surface area contributed by atoms with E-state index in [4.69, 9.17) is 4.74 Å². The molecule has 4 atom stereocenters. The number of imide groups is 1. The largest absolute Gasteiger partial charge is 0.362 e. The number of carbonyl (C=O) groups excluding carboxylic acids is 2. The van der Waals surface area contributed by atoms with Gasteiger partial charge in [0.05, 0.1) is 28.5 Å². The Labute approximate surface area is 139 Å². The minimum atomic E-state index is -0.818. The first-order valence-electron chi connectivity index (χ1n) is 7.02. The Hall–Kier alpha value is -2.06. The van der Waals surface area contributed by atoms with Crippen molar-refractivity contribution in [3.05, 3.63) is 44.9 Å². The number of fused-ring (bicyclic) bond motifs is 5. The highest BCUT2D eigenvalue weighted by atomic mass is 79.9. The summed E-state index contributed by atoms with van der Waals surface area (Å²) >= 11 is 3.17. The van der Waals surface area contributed by atoms with Crippen LogP contribution in [-0.2, 0) is 14.3 Å². The minimum Gasteiger partial charge on any atom is -0.362 e. The molecule has 0 aliphatic carbocycles. The van der Waals surface area contributed by atoms with E-state index in [1.54, 1.807) is 25.1 Å². The normalized spacial score (nSPS) is 34.3. The van der Waals surface area contributed by atoms with E-state index in [0.717, 1.165) is 4.90 Å². The van der Waals surface area contributed by atoms with Crippen molar-refractivity contribution < 1.29 is 19.2 Å². The number of benzene rings is 1. The third-order valence-electron chi connectivity index (χ3n) is 4.70. The Morgan fingerprint density at radius 1 is 1.35 bits per heavy atom. The lowest BCUT2D eigenvalue weighted by Crippen LogP contribution is -2.38. The van der Waals surface area contributed by atoms with Crippen LogP contribution in [0.25, 0.3) is 0 Å². The average Bonchev–Trinajstić information content (AvgIpc) is 3.09. The van der Waals surface area contributed by atoms with Crippen LogP contribution < -0.4 is 4.90 Å². The number of hydrogen-bond donors (Lipinski definition) is 0. The molecule has 7 nitrogen and oxygen atoms in total. The fourth-order valence-electron chi connectivity index (χ4n) is 3.72. The van der Waals surface area contributed by atoms with Crippen LogP contribution in [0.5, 0.6) is 0 Å². The van der Waals surface area contributed by atoms with Crippen molar-refractivity contribution in [2.45, 2.75) is 18.6 Å². The lowest BCUT2D eigenvalue weighted by Gasteiger charge is -2.24. The lowest BCUT2D eigenvalue weighted by atomic mass is 9.78. The Morgan fingerprint density at radius 3 is 2.74 bits per heavy atom. The standard InChI is InChI=1S/C15H11BrN2O5/c1-15-5-4-10(23-15)11-12(15)14(20)17(13(11)19)8-3-2-7(16)6-9(8)18(21)22/h2-6,10-12H,1H3/t10-,11-,12-,15-/m1/s1. The maximum Gasteiger partial charge on any atom is 0.294 e. The predicted octanol–water partition coefficient (Wildman–Crippen LogP) is 2.19. The van der Waals surface area contributed by atoms with Crippen molar-refractivity contribution in [1.29, 1.82) is 0 Å². The molecule has 2 saturated heterocycles. The molecule has 0 spiro atoms. The van der Waals surface area contributed by atoms with Gasteiger partial charge in [0.2, 0.25) is 11.8 Å². The topological polar surface area (TPSA) is 89.8 Å². The van der Waals surface area contributed by atoms with Gasteiger partial charge in [-0.1, -0.05) is 28.1 Å². The zero-order valence-corrected chi connectivity index (χ0v) is 13.5. The van der Waals surface area contributed by atoms with Crippen molar-refractivity contribution in [3.63, 3.8) is 0 Å². The molecule has 118 valence electrons. The molecule has 23 heavy (non-hydrogen) atoms. The molecule has 3 aliphatic rings. The Morgan fingerprint density at radius 2 is 2.09 bits per heavy atom. The highest BCUT2D eigenvalue weighted by Crippen LogP contribution is 2.53. The number of carbonyl (C=O) groups is 2. The van der Waals surface area contributed by atoms with Gasteiger partial charge in [0.25, 0.3) is 5.69 Å². The Kier molecular flexibility index (Phi) is 2.83. The van der Waals surface area contributed by atoms with E-state index in [1.807, 2.05) is 0 Å². The molecular formula is C15H11BrN2O5. The number of nitrogens with zero attached hydrogens (tertiary/aromatic N) is 2. The molecule has 1 aromatic carbocycles. The molecule has 4 rings (SSSR count). The Balaban J connectivity index is 1.83. The quantitative estimate of drug-likeness (QED) is 0.340. The van der Waals surface area contributed by atoms with Gasteiger partial charge in [-0.05, 0) is 19.1 Å². The second-order valence-corrected chi connectivity index (χ2v) is 6.95. The van der Waals surface area contributed by atoms with Gasteiger partial charge in [-0.2, -0.15) is 0 Å². The van der Waals surface area contributed by atoms with E-state index in [0.29, 0.717) is 4.47 Å². The van der Waals surface area contributed by atoms with Crippen molar-refractivity contribution in [3.8, 4) is 0 Å². The number of nitro groups is 1. The predicted molar refractivity (Wildman–Crippen MR) is 82.7 cm³/mol. The van der Waals surface area contributed by atoms with Gasteiger partial charge >= 0.3 is 0 Å². The van der Waals surface area contributed by atoms with E-state index in [2.05, 4.69) is 15.9 Å². The van der Waals surface area contributed by atoms with Crippen LogP contribution in [0.2, 0.25) is 0 Å². The van der Waals surface area contributed by atoms with Gasteiger partial charge in [-0.25, -0.2) is 4.90 Å². The second kappa shape index (κ2) is 4.48. The summed E-state index contributed by atoms with van der Waals surface area (Å²) in [5.41, 5.74) is -1.10. The molecule has 0 aromatic heterocycles. The molecular weight excluding hydrogens is 368 g/mol. The summed E-state index contributed by atoms with van der Waals surface area (Å²) in [5, 5.41) is 11.3. The summed E-state index contributed by atoms with van der Waals surface area (Å²) in [7, 11) is 0. The van der Waals surface area contributed by atoms with Gasteiger partial charge in [0.15, 0.2) is 0 Å². The van der Waals surface area contributed by atoms with Crippen LogP contribution in [0.1, 0.15) is 6.92 Å². The summed E-state index contributed by atoms with van der Waals surface area (Å²) in [6, 6.07) is 4.27. The highest BCUT2D eigenvalue weighted by Gasteiger charge is 2.66. The summed E-state index contributed by atoms with van der Waals surface area (Å²) in [4.78, 5) is 37.2. The first-order valence-corrected chi connectivity index (χ1v) is 7.82. The first-order chi connectivity index (χ1) is 10.8. The molecule has 8 heteroatoms. The molecule has 2 amide bonds. The smallest absolute Gasteiger partial charge is 0.294 e. The number of nitro benzene ring substituents is 1. The molecule has 2 bridgehead atoms. The van der Waals surface area contributed by atoms with Crippen molar-refractivity contribution in [2.75, 3.05) is 4.90 Å². The van der Waals surface area contributed by atoms with E-state index in [-0.39, 0.29) is 11.4 Å². The van der Waals surface area contributed by atoms with Crippen LogP contribution in [0, 0.1) is 22.0 Å². The van der Waals surface area contributed by atoms with Gasteiger partial charge in [0.1, 0.15) is 5.69 Å². The number of rotatable bonds is 2. The van der Waals surface area contributed by atoms with Crippen molar-refractivity contribution in [1.82, 2.24) is 0 Å². The minimum absolute atomic E-state index is 0.00519. The van der Waals surface area contributed by atoms with Gasteiger partial charge in [-0.3, -0.25) is 19.7 Å². The molecule has 0 radical (unpaired) electrons. The van der Waals surface area contributed by atoms with Crippen LogP contribution in [0.4, 0.5) is 11.4 Å². The maximum atomic E-state index is 12.8. The van der Waals surface area contributed by atoms with Crippen LogP contribution in [0.3, 0.4) is 0 Å². The van der Waals surface area contributed by atoms with Crippen LogP contribution >= 0.6 is 15.9 Å². The molecule has 0 saturated carbocycles. The number of halogens is 1. The molecule has 0 unspecified atom stereocenters. The summed E-state index contributed by atoms with van der Waals surface area (Å²) in [6.07, 6.45) is 3.14. The lowest BCUT2D eigenvalue weighted by molar-refractivity contribution is -0.384. The molecule has 0 N–H and O–H groups in total. The SMILES string of the molecule is C[C@]12C=C[C@@H](O1)[C@H]1C(=O)N(c3ccc(Br)cc3[N+](=O)[O-])C(=O)[C@@H]12. The fourth-order valence-corrected chi connectivity index (χ4v) is 4.07. The second-order valence-electron chi connectivity index (χ2n) is 6.03. The Bertz CT molecular complexity index is 807. The van der Waals surface area contributed by atoms with Crippen LogP contribution in [-0.4, -0.2) is 28.4 Å². The van der Waals surface area contributed by atoms with Gasteiger partial charge < -0.3 is 4.74 Å². The van der Waals surface area contributed by atoms with E-state index < -0.39 is 40.3 Å². The molecule has 2 fully saturated rings.